The second kappa shape index (κ2) is 8.69. The summed E-state index contributed by atoms with van der Waals surface area (Å²) in [7, 11) is 3.20. The zero-order valence-corrected chi connectivity index (χ0v) is 16.8. The zero-order chi connectivity index (χ0) is 20.9. The standard InChI is InChI=1S/C24H22N2O4/c1-28-18-11-7-16(8-12-18)9-14-23(27)25-20-15-17(10-13-21(20)29-2)24-26-19-5-3-4-6-22(19)30-24/h3-8,10-13,15H,9,14H2,1-2H3,(H,25,27). The number of benzene rings is 3. The molecule has 4 rings (SSSR count). The van der Waals surface area contributed by atoms with E-state index in [-0.39, 0.29) is 5.91 Å². The Kier molecular flexibility index (Phi) is 5.66. The van der Waals surface area contributed by atoms with Gasteiger partial charge in [-0.15, -0.1) is 0 Å². The van der Waals surface area contributed by atoms with Gasteiger partial charge in [0.05, 0.1) is 19.9 Å². The van der Waals surface area contributed by atoms with Crippen molar-refractivity contribution in [2.24, 2.45) is 0 Å². The molecule has 0 aliphatic rings. The summed E-state index contributed by atoms with van der Waals surface area (Å²) in [4.78, 5) is 17.1. The number of nitrogens with one attached hydrogen (secondary N) is 1. The molecule has 0 spiro atoms. The van der Waals surface area contributed by atoms with E-state index in [4.69, 9.17) is 13.9 Å². The molecule has 30 heavy (non-hydrogen) atoms. The molecule has 1 heterocycles. The van der Waals surface area contributed by atoms with Gasteiger partial charge < -0.3 is 19.2 Å². The predicted octanol–water partition coefficient (Wildman–Crippen LogP) is 5.08. The van der Waals surface area contributed by atoms with E-state index >= 15 is 0 Å². The van der Waals surface area contributed by atoms with E-state index in [0.717, 1.165) is 22.4 Å². The maximum Gasteiger partial charge on any atom is 0.227 e. The third-order valence-electron chi connectivity index (χ3n) is 4.81. The van der Waals surface area contributed by atoms with Crippen LogP contribution in [0.15, 0.2) is 71.1 Å². The van der Waals surface area contributed by atoms with Crippen LogP contribution in [-0.2, 0) is 11.2 Å². The van der Waals surface area contributed by atoms with Crippen molar-refractivity contribution in [3.63, 3.8) is 0 Å². The molecule has 0 saturated carbocycles. The number of methoxy groups -OCH3 is 2. The summed E-state index contributed by atoms with van der Waals surface area (Å²) in [6, 6.07) is 20.7. The largest absolute Gasteiger partial charge is 0.497 e. The molecule has 1 amide bonds. The Morgan fingerprint density at radius 1 is 1.00 bits per heavy atom. The molecular formula is C24H22N2O4. The fourth-order valence-corrected chi connectivity index (χ4v) is 3.20. The van der Waals surface area contributed by atoms with Crippen molar-refractivity contribution in [3.8, 4) is 23.0 Å². The number of carbonyl (C=O) groups is 1. The van der Waals surface area contributed by atoms with E-state index < -0.39 is 0 Å². The molecule has 6 nitrogen and oxygen atoms in total. The lowest BCUT2D eigenvalue weighted by Gasteiger charge is -2.11. The lowest BCUT2D eigenvalue weighted by Crippen LogP contribution is -2.13. The topological polar surface area (TPSA) is 73.6 Å². The molecule has 0 aliphatic heterocycles. The number of amides is 1. The van der Waals surface area contributed by atoms with Gasteiger partial charge in [-0.25, -0.2) is 4.98 Å². The van der Waals surface area contributed by atoms with Crippen LogP contribution in [0, 0.1) is 0 Å². The number of carbonyl (C=O) groups excluding carboxylic acids is 1. The molecule has 4 aromatic rings. The van der Waals surface area contributed by atoms with E-state index in [2.05, 4.69) is 10.3 Å². The van der Waals surface area contributed by atoms with Crippen LogP contribution in [-0.4, -0.2) is 25.1 Å². The number of hydrogen-bond donors (Lipinski definition) is 1. The van der Waals surface area contributed by atoms with Gasteiger partial charge in [0, 0.05) is 12.0 Å². The van der Waals surface area contributed by atoms with Crippen molar-refractivity contribution in [2.75, 3.05) is 19.5 Å². The number of ether oxygens (including phenoxy) is 2. The van der Waals surface area contributed by atoms with Crippen LogP contribution >= 0.6 is 0 Å². The van der Waals surface area contributed by atoms with Gasteiger partial charge in [0.15, 0.2) is 5.58 Å². The summed E-state index contributed by atoms with van der Waals surface area (Å²) in [5.41, 5.74) is 3.91. The van der Waals surface area contributed by atoms with Crippen LogP contribution in [0.5, 0.6) is 11.5 Å². The van der Waals surface area contributed by atoms with Crippen LogP contribution < -0.4 is 14.8 Å². The number of aromatic nitrogens is 1. The van der Waals surface area contributed by atoms with E-state index in [1.807, 2.05) is 60.7 Å². The summed E-state index contributed by atoms with van der Waals surface area (Å²) >= 11 is 0. The molecule has 6 heteroatoms. The van der Waals surface area contributed by atoms with Crippen LogP contribution in [0.3, 0.4) is 0 Å². The number of anilines is 1. The predicted molar refractivity (Wildman–Crippen MR) is 116 cm³/mol. The van der Waals surface area contributed by atoms with E-state index in [1.54, 1.807) is 20.3 Å². The van der Waals surface area contributed by atoms with Crippen molar-refractivity contribution in [3.05, 3.63) is 72.3 Å². The van der Waals surface area contributed by atoms with Crippen molar-refractivity contribution < 1.29 is 18.7 Å². The van der Waals surface area contributed by atoms with Gasteiger partial charge in [0.25, 0.3) is 0 Å². The van der Waals surface area contributed by atoms with Crippen LogP contribution in [0.1, 0.15) is 12.0 Å². The lowest BCUT2D eigenvalue weighted by molar-refractivity contribution is -0.116. The second-order valence-electron chi connectivity index (χ2n) is 6.80. The van der Waals surface area contributed by atoms with Gasteiger partial charge in [0.1, 0.15) is 17.0 Å². The maximum atomic E-state index is 12.5. The lowest BCUT2D eigenvalue weighted by atomic mass is 10.1. The zero-order valence-electron chi connectivity index (χ0n) is 16.8. The number of fused-ring (bicyclic) bond motifs is 1. The minimum absolute atomic E-state index is 0.0983. The summed E-state index contributed by atoms with van der Waals surface area (Å²) in [6.45, 7) is 0. The number of aryl methyl sites for hydroxylation is 1. The average molecular weight is 402 g/mol. The maximum absolute atomic E-state index is 12.5. The van der Waals surface area contributed by atoms with Crippen molar-refractivity contribution in [2.45, 2.75) is 12.8 Å². The molecule has 3 aromatic carbocycles. The molecule has 0 bridgehead atoms. The van der Waals surface area contributed by atoms with Crippen molar-refractivity contribution in [1.29, 1.82) is 0 Å². The molecule has 0 aliphatic carbocycles. The fraction of sp³-hybridized carbons (Fsp3) is 0.167. The smallest absolute Gasteiger partial charge is 0.227 e. The second-order valence-corrected chi connectivity index (χ2v) is 6.80. The van der Waals surface area contributed by atoms with Gasteiger partial charge in [-0.05, 0) is 54.4 Å². The summed E-state index contributed by atoms with van der Waals surface area (Å²) in [6.07, 6.45) is 0.978. The normalized spacial score (nSPS) is 10.7. The molecule has 0 unspecified atom stereocenters. The third-order valence-corrected chi connectivity index (χ3v) is 4.81. The summed E-state index contributed by atoms with van der Waals surface area (Å²) in [5.74, 6) is 1.77. The number of hydrogen-bond acceptors (Lipinski definition) is 5. The van der Waals surface area contributed by atoms with Crippen LogP contribution in [0.2, 0.25) is 0 Å². The first-order chi connectivity index (χ1) is 14.7. The number of para-hydroxylation sites is 2. The molecule has 0 fully saturated rings. The Hall–Kier alpha value is -3.80. The molecule has 1 aromatic heterocycles. The first-order valence-corrected chi connectivity index (χ1v) is 9.63. The minimum atomic E-state index is -0.0983. The third kappa shape index (κ3) is 4.27. The van der Waals surface area contributed by atoms with E-state index in [9.17, 15) is 4.79 Å². The fourth-order valence-electron chi connectivity index (χ4n) is 3.20. The van der Waals surface area contributed by atoms with E-state index in [1.165, 1.54) is 0 Å². The highest BCUT2D eigenvalue weighted by Gasteiger charge is 2.13. The first kappa shape index (κ1) is 19.5. The summed E-state index contributed by atoms with van der Waals surface area (Å²) in [5, 5.41) is 2.94. The summed E-state index contributed by atoms with van der Waals surface area (Å²) < 4.78 is 16.4. The average Bonchev–Trinajstić information content (AvgIpc) is 3.22. The van der Waals surface area contributed by atoms with Crippen LogP contribution in [0.25, 0.3) is 22.6 Å². The Labute approximate surface area is 174 Å². The SMILES string of the molecule is COc1ccc(CCC(=O)Nc2cc(-c3nc4ccccc4o3)ccc2OC)cc1. The quantitative estimate of drug-likeness (QED) is 0.466. The molecule has 1 N–H and O–H groups in total. The monoisotopic (exact) mass is 402 g/mol. The molecule has 0 saturated heterocycles. The Balaban J connectivity index is 1.49. The highest BCUT2D eigenvalue weighted by Crippen LogP contribution is 2.32. The van der Waals surface area contributed by atoms with Gasteiger partial charge in [-0.1, -0.05) is 24.3 Å². The van der Waals surface area contributed by atoms with Gasteiger partial charge in [-0.2, -0.15) is 0 Å². The molecular weight excluding hydrogens is 380 g/mol. The van der Waals surface area contributed by atoms with Crippen molar-refractivity contribution in [1.82, 2.24) is 4.98 Å². The molecule has 0 atom stereocenters. The Morgan fingerprint density at radius 3 is 2.53 bits per heavy atom. The van der Waals surface area contributed by atoms with E-state index in [0.29, 0.717) is 35.8 Å². The number of oxazole rings is 1. The first-order valence-electron chi connectivity index (χ1n) is 9.63. The molecule has 0 radical (unpaired) electrons. The highest BCUT2D eigenvalue weighted by atomic mass is 16.5. The Bertz CT molecular complexity index is 1130. The van der Waals surface area contributed by atoms with Gasteiger partial charge in [-0.3, -0.25) is 4.79 Å². The molecule has 152 valence electrons. The minimum Gasteiger partial charge on any atom is -0.497 e. The van der Waals surface area contributed by atoms with Crippen molar-refractivity contribution >= 4 is 22.7 Å². The van der Waals surface area contributed by atoms with Crippen LogP contribution in [0.4, 0.5) is 5.69 Å². The van der Waals surface area contributed by atoms with Gasteiger partial charge >= 0.3 is 0 Å². The number of rotatable bonds is 7. The Morgan fingerprint density at radius 2 is 1.80 bits per heavy atom. The highest BCUT2D eigenvalue weighted by molar-refractivity contribution is 5.93. The number of nitrogens with zero attached hydrogens (tertiary/aromatic N) is 1. The van der Waals surface area contributed by atoms with Gasteiger partial charge in [0.2, 0.25) is 11.8 Å².